The van der Waals surface area contributed by atoms with Gasteiger partial charge in [0, 0.05) is 25.7 Å². The van der Waals surface area contributed by atoms with Crippen molar-refractivity contribution in [2.45, 2.75) is 35.6 Å². The highest BCUT2D eigenvalue weighted by atomic mass is 35.6. The van der Waals surface area contributed by atoms with Gasteiger partial charge in [0.05, 0.1) is 0 Å². The van der Waals surface area contributed by atoms with Crippen LogP contribution in [0.25, 0.3) is 0 Å². The molecule has 19 heavy (non-hydrogen) atoms. The Hall–Kier alpha value is -0.850. The summed E-state index contributed by atoms with van der Waals surface area (Å²) in [6, 6.07) is 0. The first kappa shape index (κ1) is 14.6. The summed E-state index contributed by atoms with van der Waals surface area (Å²) >= 11 is 17.3. The molecule has 4 amide bonds. The molecule has 2 heterocycles. The molecule has 0 N–H and O–H groups in total. The van der Waals surface area contributed by atoms with Crippen LogP contribution in [0.3, 0.4) is 0 Å². The van der Waals surface area contributed by atoms with Gasteiger partial charge in [-0.3, -0.25) is 29.0 Å². The average molecular weight is 328 g/mol. The summed E-state index contributed by atoms with van der Waals surface area (Å²) in [4.78, 5) is 48.3. The molecule has 0 saturated carbocycles. The largest absolute Gasteiger partial charge is 0.274 e. The first-order valence-electron chi connectivity index (χ1n) is 5.50. The van der Waals surface area contributed by atoms with Crippen molar-refractivity contribution in [1.82, 2.24) is 9.80 Å². The van der Waals surface area contributed by atoms with Crippen LogP contribution in [-0.2, 0) is 19.2 Å². The number of carbonyl (C=O) groups is 4. The van der Waals surface area contributed by atoms with Crippen LogP contribution in [0.1, 0.15) is 25.7 Å². The van der Waals surface area contributed by atoms with Crippen molar-refractivity contribution >= 4 is 58.4 Å². The number of amides is 4. The Labute approximate surface area is 123 Å². The summed E-state index contributed by atoms with van der Waals surface area (Å²) in [7, 11) is 0. The van der Waals surface area contributed by atoms with Crippen LogP contribution in [-0.4, -0.2) is 43.4 Å². The molecule has 9 heteroatoms. The Bertz CT molecular complexity index is 406. The Morgan fingerprint density at radius 1 is 0.737 bits per heavy atom. The highest BCUT2D eigenvalue weighted by molar-refractivity contribution is 6.68. The molecule has 2 saturated heterocycles. The van der Waals surface area contributed by atoms with Gasteiger partial charge in [0.2, 0.25) is 27.4 Å². The minimum atomic E-state index is -2.15. The lowest BCUT2D eigenvalue weighted by Gasteiger charge is -2.36. The molecular formula is C10H9Cl3N2O4. The van der Waals surface area contributed by atoms with E-state index in [0.717, 1.165) is 0 Å². The van der Waals surface area contributed by atoms with E-state index in [0.29, 0.717) is 9.80 Å². The molecule has 0 unspecified atom stereocenters. The SMILES string of the molecule is O=C1CCC(=O)N1C(N1C(=O)CCC1=O)C(Cl)(Cl)Cl. The molecule has 0 aromatic carbocycles. The van der Waals surface area contributed by atoms with Gasteiger partial charge in [0.1, 0.15) is 0 Å². The van der Waals surface area contributed by atoms with Crippen LogP contribution in [0, 0.1) is 0 Å². The fourth-order valence-electron chi connectivity index (χ4n) is 2.14. The summed E-state index contributed by atoms with van der Waals surface area (Å²) in [5.41, 5.74) is 0. The van der Waals surface area contributed by atoms with E-state index in [2.05, 4.69) is 0 Å². The van der Waals surface area contributed by atoms with Crippen molar-refractivity contribution in [3.05, 3.63) is 0 Å². The smallest absolute Gasteiger partial charge is 0.231 e. The molecule has 2 aliphatic heterocycles. The van der Waals surface area contributed by atoms with E-state index in [4.69, 9.17) is 34.8 Å². The molecule has 2 aliphatic rings. The van der Waals surface area contributed by atoms with Crippen LogP contribution >= 0.6 is 34.8 Å². The van der Waals surface area contributed by atoms with Gasteiger partial charge in [-0.05, 0) is 0 Å². The first-order chi connectivity index (χ1) is 8.73. The maximum atomic E-state index is 11.7. The summed E-state index contributed by atoms with van der Waals surface area (Å²) in [6.45, 7) is 0. The highest BCUT2D eigenvalue weighted by Gasteiger charge is 2.53. The van der Waals surface area contributed by atoms with E-state index in [9.17, 15) is 19.2 Å². The van der Waals surface area contributed by atoms with Gasteiger partial charge in [-0.2, -0.15) is 0 Å². The normalized spacial score (nSPS) is 21.3. The summed E-state index contributed by atoms with van der Waals surface area (Å²) in [5.74, 6) is -2.25. The number of alkyl halides is 3. The molecule has 0 bridgehead atoms. The van der Waals surface area contributed by atoms with E-state index >= 15 is 0 Å². The van der Waals surface area contributed by atoms with E-state index in [-0.39, 0.29) is 25.7 Å². The average Bonchev–Trinajstić information content (AvgIpc) is 2.77. The monoisotopic (exact) mass is 326 g/mol. The van der Waals surface area contributed by atoms with E-state index < -0.39 is 33.6 Å². The zero-order valence-electron chi connectivity index (χ0n) is 9.57. The lowest BCUT2D eigenvalue weighted by Crippen LogP contribution is -2.58. The van der Waals surface area contributed by atoms with Gasteiger partial charge in [0.15, 0.2) is 6.17 Å². The maximum Gasteiger partial charge on any atom is 0.231 e. The number of halogens is 3. The Morgan fingerprint density at radius 2 is 1.00 bits per heavy atom. The fourth-order valence-corrected chi connectivity index (χ4v) is 2.73. The third-order valence-corrected chi connectivity index (χ3v) is 3.55. The quantitative estimate of drug-likeness (QED) is 0.560. The van der Waals surface area contributed by atoms with Crippen LogP contribution in [0.4, 0.5) is 0 Å². The molecule has 0 aromatic heterocycles. The number of nitrogens with zero attached hydrogens (tertiary/aromatic N) is 2. The number of hydrogen-bond donors (Lipinski definition) is 0. The second-order valence-corrected chi connectivity index (χ2v) is 6.60. The van der Waals surface area contributed by atoms with Gasteiger partial charge in [-0.15, -0.1) is 0 Å². The van der Waals surface area contributed by atoms with Crippen LogP contribution in [0.2, 0.25) is 0 Å². The van der Waals surface area contributed by atoms with Crippen molar-refractivity contribution in [1.29, 1.82) is 0 Å². The van der Waals surface area contributed by atoms with Gasteiger partial charge < -0.3 is 0 Å². The molecule has 2 rings (SSSR count). The number of rotatable bonds is 2. The van der Waals surface area contributed by atoms with Gasteiger partial charge in [-0.1, -0.05) is 34.8 Å². The van der Waals surface area contributed by atoms with Crippen molar-refractivity contribution in [3.63, 3.8) is 0 Å². The number of carbonyl (C=O) groups excluding carboxylic acids is 4. The minimum Gasteiger partial charge on any atom is -0.274 e. The zero-order chi connectivity index (χ0) is 14.4. The van der Waals surface area contributed by atoms with Gasteiger partial charge >= 0.3 is 0 Å². The Kier molecular flexibility index (Phi) is 3.77. The molecule has 6 nitrogen and oxygen atoms in total. The lowest BCUT2D eigenvalue weighted by atomic mass is 10.4. The Balaban J connectivity index is 2.42. The molecule has 0 spiro atoms. The lowest BCUT2D eigenvalue weighted by molar-refractivity contribution is -0.153. The first-order valence-corrected chi connectivity index (χ1v) is 6.63. The van der Waals surface area contributed by atoms with Crippen molar-refractivity contribution in [3.8, 4) is 0 Å². The van der Waals surface area contributed by atoms with Gasteiger partial charge in [-0.25, -0.2) is 0 Å². The number of likely N-dealkylation sites (tertiary alicyclic amines) is 2. The third-order valence-electron chi connectivity index (χ3n) is 2.96. The second-order valence-electron chi connectivity index (χ2n) is 4.23. The number of hydrogen-bond acceptors (Lipinski definition) is 4. The van der Waals surface area contributed by atoms with Crippen molar-refractivity contribution < 1.29 is 19.2 Å². The third kappa shape index (κ3) is 2.57. The molecular weight excluding hydrogens is 318 g/mol. The topological polar surface area (TPSA) is 74.8 Å². The van der Waals surface area contributed by atoms with E-state index in [1.807, 2.05) is 0 Å². The van der Waals surface area contributed by atoms with Gasteiger partial charge in [0.25, 0.3) is 0 Å². The summed E-state index contributed by atoms with van der Waals surface area (Å²) in [6.07, 6.45) is -1.60. The number of imide groups is 2. The maximum absolute atomic E-state index is 11.7. The Morgan fingerprint density at radius 3 is 1.21 bits per heavy atom. The molecule has 0 aromatic rings. The van der Waals surface area contributed by atoms with E-state index in [1.54, 1.807) is 0 Å². The van der Waals surface area contributed by atoms with E-state index in [1.165, 1.54) is 0 Å². The minimum absolute atomic E-state index is 0.0215. The van der Waals surface area contributed by atoms with Crippen LogP contribution < -0.4 is 0 Å². The zero-order valence-corrected chi connectivity index (χ0v) is 11.8. The predicted octanol–water partition coefficient (Wildman–Crippen LogP) is 0.981. The van der Waals surface area contributed by atoms with Crippen LogP contribution in [0.15, 0.2) is 0 Å². The standard InChI is InChI=1S/C10H9Cl3N2O4/c11-10(12,13)9(14-5(16)1-2-6(14)17)15-7(18)3-4-8(15)19/h9H,1-4H2. The summed E-state index contributed by atoms with van der Waals surface area (Å²) < 4.78 is -2.15. The molecule has 0 radical (unpaired) electrons. The molecule has 0 aliphatic carbocycles. The second kappa shape index (κ2) is 4.92. The summed E-state index contributed by atoms with van der Waals surface area (Å²) in [5, 5.41) is 0. The van der Waals surface area contributed by atoms with Crippen LogP contribution in [0.5, 0.6) is 0 Å². The predicted molar refractivity (Wildman–Crippen MR) is 66.3 cm³/mol. The molecule has 2 fully saturated rings. The fraction of sp³-hybridized carbons (Fsp3) is 0.600. The van der Waals surface area contributed by atoms with Crippen molar-refractivity contribution in [2.75, 3.05) is 0 Å². The highest BCUT2D eigenvalue weighted by Crippen LogP contribution is 2.39. The molecule has 104 valence electrons. The van der Waals surface area contributed by atoms with Crippen molar-refractivity contribution in [2.24, 2.45) is 0 Å². The molecule has 0 atom stereocenters.